The highest BCUT2D eigenvalue weighted by molar-refractivity contribution is 7.89. The third-order valence-corrected chi connectivity index (χ3v) is 10.1. The Hall–Kier alpha value is -3.02. The predicted molar refractivity (Wildman–Crippen MR) is 149 cm³/mol. The minimum absolute atomic E-state index is 0.0923. The second-order valence-corrected chi connectivity index (χ2v) is 12.9. The van der Waals surface area contributed by atoms with Gasteiger partial charge in [0.05, 0.1) is 11.0 Å². The molecule has 1 saturated carbocycles. The highest BCUT2D eigenvalue weighted by Gasteiger charge is 2.40. The van der Waals surface area contributed by atoms with E-state index in [1.807, 2.05) is 0 Å². The average Bonchev–Trinajstić information content (AvgIpc) is 3.45. The fourth-order valence-corrected chi connectivity index (χ4v) is 7.48. The number of fused-ring (bicyclic) bond motifs is 1. The molecule has 2 atom stereocenters. The average molecular weight is 571 g/mol. The van der Waals surface area contributed by atoms with Crippen molar-refractivity contribution in [2.45, 2.75) is 80.9 Å². The van der Waals surface area contributed by atoms with Gasteiger partial charge >= 0.3 is 5.97 Å². The first-order chi connectivity index (χ1) is 19.3. The number of aliphatic carboxylic acids is 1. The lowest BCUT2D eigenvalue weighted by molar-refractivity contribution is -0.143. The lowest BCUT2D eigenvalue weighted by atomic mass is 9.79. The zero-order valence-electron chi connectivity index (χ0n) is 22.6. The number of ether oxygens (including phenoxy) is 1. The van der Waals surface area contributed by atoms with E-state index < -0.39 is 34.0 Å². The molecular weight excluding hydrogens is 532 g/mol. The van der Waals surface area contributed by atoms with Gasteiger partial charge in [0.15, 0.2) is 0 Å². The van der Waals surface area contributed by atoms with Crippen LogP contribution in [0, 0.1) is 5.92 Å². The molecule has 1 saturated heterocycles. The van der Waals surface area contributed by atoms with Crippen molar-refractivity contribution >= 4 is 27.7 Å². The fraction of sp³-hybridized carbons (Fsp3) is 0.552. The van der Waals surface area contributed by atoms with Gasteiger partial charge in [-0.05, 0) is 81.0 Å². The van der Waals surface area contributed by atoms with Gasteiger partial charge in [0, 0.05) is 31.8 Å². The molecule has 5 rings (SSSR count). The molecule has 1 aromatic carbocycles. The lowest BCUT2D eigenvalue weighted by Gasteiger charge is -2.35. The van der Waals surface area contributed by atoms with Gasteiger partial charge in [0.1, 0.15) is 17.9 Å². The zero-order chi connectivity index (χ0) is 28.1. The number of sulfonamides is 1. The topological polar surface area (TPSA) is 138 Å². The van der Waals surface area contributed by atoms with Crippen molar-refractivity contribution in [3.8, 4) is 0 Å². The van der Waals surface area contributed by atoms with Crippen LogP contribution in [0.25, 0.3) is 0 Å². The third-order valence-electron chi connectivity index (χ3n) is 8.18. The summed E-state index contributed by atoms with van der Waals surface area (Å²) in [6.45, 7) is 1.41. The first-order valence-electron chi connectivity index (χ1n) is 14.3. The van der Waals surface area contributed by atoms with E-state index in [0.29, 0.717) is 18.8 Å². The summed E-state index contributed by atoms with van der Waals surface area (Å²) in [5, 5.41) is 15.6. The van der Waals surface area contributed by atoms with Crippen LogP contribution in [0.15, 0.2) is 47.4 Å². The number of carbonyl (C=O) groups is 2. The van der Waals surface area contributed by atoms with Crippen molar-refractivity contribution in [1.29, 1.82) is 0 Å². The van der Waals surface area contributed by atoms with E-state index in [1.54, 1.807) is 18.2 Å². The number of amides is 1. The van der Waals surface area contributed by atoms with Crippen LogP contribution in [0.3, 0.4) is 0 Å². The van der Waals surface area contributed by atoms with E-state index >= 15 is 0 Å². The smallest absolute Gasteiger partial charge is 0.326 e. The maximum atomic E-state index is 13.1. The number of carboxylic acid groups (broad SMARTS) is 1. The van der Waals surface area contributed by atoms with Crippen LogP contribution >= 0.6 is 0 Å². The quantitative estimate of drug-likeness (QED) is 0.354. The molecule has 3 aliphatic rings. The van der Waals surface area contributed by atoms with Crippen LogP contribution in [0.5, 0.6) is 0 Å². The van der Waals surface area contributed by atoms with Crippen LogP contribution in [0.1, 0.15) is 56.2 Å². The van der Waals surface area contributed by atoms with Crippen molar-refractivity contribution in [1.82, 2.24) is 14.6 Å². The normalized spacial score (nSPS) is 23.4. The van der Waals surface area contributed by atoms with E-state index in [4.69, 9.17) is 9.72 Å². The zero-order valence-corrected chi connectivity index (χ0v) is 23.4. The van der Waals surface area contributed by atoms with Crippen LogP contribution in [-0.4, -0.2) is 72.6 Å². The summed E-state index contributed by atoms with van der Waals surface area (Å²) >= 11 is 0. The Morgan fingerprint density at radius 3 is 2.73 bits per heavy atom. The van der Waals surface area contributed by atoms with Crippen LogP contribution < -0.4 is 10.6 Å². The summed E-state index contributed by atoms with van der Waals surface area (Å²) in [4.78, 5) is 29.7. The van der Waals surface area contributed by atoms with Gasteiger partial charge < -0.3 is 20.5 Å². The molecule has 11 heteroatoms. The third kappa shape index (κ3) is 6.64. The molecular formula is C29H38N4O6S. The van der Waals surface area contributed by atoms with Gasteiger partial charge in [-0.25, -0.2) is 18.2 Å². The minimum Gasteiger partial charge on any atom is -0.480 e. The van der Waals surface area contributed by atoms with E-state index in [1.165, 1.54) is 22.0 Å². The number of anilines is 1. The Bertz CT molecular complexity index is 1300. The van der Waals surface area contributed by atoms with Crippen molar-refractivity contribution < 1.29 is 27.9 Å². The maximum Gasteiger partial charge on any atom is 0.326 e. The highest BCUT2D eigenvalue weighted by Crippen LogP contribution is 2.34. The molecule has 0 bridgehead atoms. The van der Waals surface area contributed by atoms with Gasteiger partial charge in [0.25, 0.3) is 0 Å². The summed E-state index contributed by atoms with van der Waals surface area (Å²) < 4.78 is 33.2. The SMILES string of the molecule is O=C(O)[C@H](CCOC1CC(CCc2ccc3c(n2)NCCC3)C1)NC(=O)[C@@H]1CCCN1S(=O)(=O)c1ccccc1. The Kier molecular flexibility index (Phi) is 9.02. The Morgan fingerprint density at radius 1 is 1.15 bits per heavy atom. The molecule has 2 fully saturated rings. The van der Waals surface area contributed by atoms with Crippen LogP contribution in [-0.2, 0) is 37.2 Å². The predicted octanol–water partition coefficient (Wildman–Crippen LogP) is 2.98. The van der Waals surface area contributed by atoms with Gasteiger partial charge in [-0.2, -0.15) is 4.31 Å². The molecule has 10 nitrogen and oxygen atoms in total. The Morgan fingerprint density at radius 2 is 1.95 bits per heavy atom. The Balaban J connectivity index is 1.04. The minimum atomic E-state index is -3.85. The van der Waals surface area contributed by atoms with Crippen molar-refractivity contribution in [3.05, 3.63) is 53.7 Å². The lowest BCUT2D eigenvalue weighted by Crippen LogP contribution is -2.51. The molecule has 3 N–H and O–H groups in total. The van der Waals surface area contributed by atoms with E-state index in [2.05, 4.69) is 22.8 Å². The molecule has 40 heavy (non-hydrogen) atoms. The number of rotatable bonds is 12. The summed E-state index contributed by atoms with van der Waals surface area (Å²) in [5.41, 5.74) is 2.40. The highest BCUT2D eigenvalue weighted by atomic mass is 32.2. The first kappa shape index (κ1) is 28.5. The summed E-state index contributed by atoms with van der Waals surface area (Å²) in [7, 11) is -3.85. The van der Waals surface area contributed by atoms with E-state index in [-0.39, 0.29) is 30.6 Å². The number of aryl methyl sites for hydroxylation is 2. The number of carboxylic acids is 1. The number of aromatic nitrogens is 1. The summed E-state index contributed by atoms with van der Waals surface area (Å²) in [5.74, 6) is -0.159. The number of nitrogens with zero attached hydrogens (tertiary/aromatic N) is 2. The van der Waals surface area contributed by atoms with Crippen LogP contribution in [0.4, 0.5) is 5.82 Å². The van der Waals surface area contributed by atoms with Crippen molar-refractivity contribution in [3.63, 3.8) is 0 Å². The molecule has 0 unspecified atom stereocenters. The second-order valence-electron chi connectivity index (χ2n) is 11.0. The molecule has 1 aromatic heterocycles. The molecule has 2 aliphatic heterocycles. The van der Waals surface area contributed by atoms with E-state index in [9.17, 15) is 23.1 Å². The molecule has 2 aromatic rings. The van der Waals surface area contributed by atoms with Gasteiger partial charge in [-0.1, -0.05) is 24.3 Å². The molecule has 3 heterocycles. The number of carbonyl (C=O) groups excluding carboxylic acids is 1. The number of pyridine rings is 1. The molecule has 1 amide bonds. The molecule has 0 radical (unpaired) electrons. The molecule has 1 aliphatic carbocycles. The van der Waals surface area contributed by atoms with E-state index in [0.717, 1.165) is 56.6 Å². The largest absolute Gasteiger partial charge is 0.480 e. The maximum absolute atomic E-state index is 13.1. The van der Waals surface area contributed by atoms with Crippen molar-refractivity contribution in [2.75, 3.05) is 25.0 Å². The number of hydrogen-bond acceptors (Lipinski definition) is 7. The fourth-order valence-electron chi connectivity index (χ4n) is 5.80. The van der Waals surface area contributed by atoms with Gasteiger partial charge in [0.2, 0.25) is 15.9 Å². The number of nitrogens with one attached hydrogen (secondary N) is 2. The second kappa shape index (κ2) is 12.7. The summed E-state index contributed by atoms with van der Waals surface area (Å²) in [6.07, 6.45) is 7.16. The summed E-state index contributed by atoms with van der Waals surface area (Å²) in [6, 6.07) is 10.2. The number of benzene rings is 1. The van der Waals surface area contributed by atoms with Crippen molar-refractivity contribution in [2.24, 2.45) is 5.92 Å². The number of hydrogen-bond donors (Lipinski definition) is 3. The van der Waals surface area contributed by atoms with Gasteiger partial charge in [-0.15, -0.1) is 0 Å². The monoisotopic (exact) mass is 570 g/mol. The Labute approximate surface area is 235 Å². The standard InChI is InChI=1S/C29H38N4O6S/c34-28(26-9-5-16-33(26)40(37,38)24-7-2-1-3-8-24)32-25(29(35)36)14-17-39-23-18-20(19-23)10-12-22-13-11-21-6-4-15-30-27(21)31-22/h1-3,7-8,11,13,20,23,25-26H,4-6,9-10,12,14-19H2,(H,30,31)(H,32,34)(H,35,36)/t20?,23?,25-,26-/m0/s1. The van der Waals surface area contributed by atoms with Crippen LogP contribution in [0.2, 0.25) is 0 Å². The molecule has 0 spiro atoms. The molecule has 216 valence electrons. The first-order valence-corrected chi connectivity index (χ1v) is 15.7. The van der Waals surface area contributed by atoms with Gasteiger partial charge in [-0.3, -0.25) is 4.79 Å².